The summed E-state index contributed by atoms with van der Waals surface area (Å²) in [5.74, 6) is -0.155. The Hall–Kier alpha value is -3.55. The lowest BCUT2D eigenvalue weighted by molar-refractivity contribution is -0.148. The molecule has 7 nitrogen and oxygen atoms in total. The van der Waals surface area contributed by atoms with Crippen molar-refractivity contribution in [3.8, 4) is 11.5 Å². The molecular weight excluding hydrogens is 503 g/mol. The van der Waals surface area contributed by atoms with E-state index in [0.717, 1.165) is 5.56 Å². The average molecular weight is 529 g/mol. The number of esters is 1. The molecule has 0 aliphatic heterocycles. The fourth-order valence-electron chi connectivity index (χ4n) is 3.23. The van der Waals surface area contributed by atoms with Gasteiger partial charge in [0.15, 0.2) is 6.61 Å². The minimum Gasteiger partial charge on any atom is -0.456 e. The number of ether oxygens (including phenoxy) is 2. The van der Waals surface area contributed by atoms with E-state index in [4.69, 9.17) is 32.7 Å². The van der Waals surface area contributed by atoms with Gasteiger partial charge in [0, 0.05) is 23.6 Å². The van der Waals surface area contributed by atoms with E-state index in [9.17, 15) is 14.4 Å². The molecule has 0 spiro atoms. The predicted molar refractivity (Wildman–Crippen MR) is 139 cm³/mol. The lowest BCUT2D eigenvalue weighted by atomic mass is 10.1. The van der Waals surface area contributed by atoms with Gasteiger partial charge in [-0.1, -0.05) is 53.5 Å². The standard InChI is InChI=1S/C27H26Cl2N2O5/c1-18(19-6-3-2-4-7-19)30-26(33)17-35-27(34)9-5-8-25(32)31-21-11-13-22(14-12-21)36-24-15-10-20(28)16-23(24)29/h2-4,6-7,10-16,18H,5,8-9,17H2,1H3,(H,30,33)(H,31,32)/t18-/m0/s1. The Morgan fingerprint density at radius 1 is 0.889 bits per heavy atom. The maximum atomic E-state index is 12.2. The number of anilines is 1. The second-order valence-corrected chi connectivity index (χ2v) is 8.81. The molecule has 0 aliphatic rings. The Labute approximate surface area is 219 Å². The Balaban J connectivity index is 1.33. The number of carbonyl (C=O) groups is 3. The van der Waals surface area contributed by atoms with Crippen molar-refractivity contribution in [1.29, 1.82) is 0 Å². The summed E-state index contributed by atoms with van der Waals surface area (Å²) in [7, 11) is 0. The highest BCUT2D eigenvalue weighted by Crippen LogP contribution is 2.32. The quantitative estimate of drug-likeness (QED) is 0.284. The molecule has 0 fully saturated rings. The zero-order valence-electron chi connectivity index (χ0n) is 19.6. The molecule has 0 unspecified atom stereocenters. The molecule has 0 aliphatic carbocycles. The van der Waals surface area contributed by atoms with Crippen LogP contribution in [0.25, 0.3) is 0 Å². The van der Waals surface area contributed by atoms with E-state index in [1.165, 1.54) is 0 Å². The van der Waals surface area contributed by atoms with Gasteiger partial charge >= 0.3 is 5.97 Å². The second kappa shape index (κ2) is 13.5. The molecule has 2 amide bonds. The minimum atomic E-state index is -0.535. The topological polar surface area (TPSA) is 93.7 Å². The van der Waals surface area contributed by atoms with E-state index in [2.05, 4.69) is 10.6 Å². The van der Waals surface area contributed by atoms with E-state index >= 15 is 0 Å². The van der Waals surface area contributed by atoms with Crippen molar-refractivity contribution in [1.82, 2.24) is 5.32 Å². The normalized spacial score (nSPS) is 11.3. The Morgan fingerprint density at radius 3 is 2.31 bits per heavy atom. The highest BCUT2D eigenvalue weighted by Gasteiger charge is 2.12. The molecule has 188 valence electrons. The summed E-state index contributed by atoms with van der Waals surface area (Å²) >= 11 is 12.0. The lowest BCUT2D eigenvalue weighted by Crippen LogP contribution is -2.31. The molecular formula is C27H26Cl2N2O5. The van der Waals surface area contributed by atoms with Gasteiger partial charge in [-0.05, 0) is 61.4 Å². The molecule has 0 radical (unpaired) electrons. The van der Waals surface area contributed by atoms with Gasteiger partial charge in [-0.2, -0.15) is 0 Å². The van der Waals surface area contributed by atoms with Crippen LogP contribution in [0.15, 0.2) is 72.8 Å². The first-order valence-electron chi connectivity index (χ1n) is 11.3. The lowest BCUT2D eigenvalue weighted by Gasteiger charge is -2.14. The summed E-state index contributed by atoms with van der Waals surface area (Å²) in [6, 6.07) is 21.0. The van der Waals surface area contributed by atoms with Gasteiger partial charge in [-0.15, -0.1) is 0 Å². The van der Waals surface area contributed by atoms with Crippen LogP contribution in [0.1, 0.15) is 37.8 Å². The highest BCUT2D eigenvalue weighted by atomic mass is 35.5. The first-order chi connectivity index (χ1) is 17.3. The summed E-state index contributed by atoms with van der Waals surface area (Å²) < 4.78 is 10.7. The van der Waals surface area contributed by atoms with Gasteiger partial charge in [0.1, 0.15) is 11.5 Å². The van der Waals surface area contributed by atoms with E-state index in [0.29, 0.717) is 33.7 Å². The molecule has 0 bridgehead atoms. The summed E-state index contributed by atoms with van der Waals surface area (Å²) in [5, 5.41) is 6.43. The predicted octanol–water partition coefficient (Wildman–Crippen LogP) is 6.32. The number of nitrogens with one attached hydrogen (secondary N) is 2. The van der Waals surface area contributed by atoms with Crippen molar-refractivity contribution < 1.29 is 23.9 Å². The number of hydrogen-bond acceptors (Lipinski definition) is 5. The van der Waals surface area contributed by atoms with Crippen LogP contribution in [0.2, 0.25) is 10.0 Å². The van der Waals surface area contributed by atoms with Crippen LogP contribution < -0.4 is 15.4 Å². The van der Waals surface area contributed by atoms with Crippen LogP contribution >= 0.6 is 23.2 Å². The summed E-state index contributed by atoms with van der Waals surface area (Å²) in [6.45, 7) is 1.49. The fourth-order valence-corrected chi connectivity index (χ4v) is 3.68. The van der Waals surface area contributed by atoms with Crippen LogP contribution in [0.5, 0.6) is 11.5 Å². The monoisotopic (exact) mass is 528 g/mol. The Morgan fingerprint density at radius 2 is 1.61 bits per heavy atom. The smallest absolute Gasteiger partial charge is 0.306 e. The number of halogens is 2. The largest absolute Gasteiger partial charge is 0.456 e. The van der Waals surface area contributed by atoms with Crippen molar-refractivity contribution in [2.75, 3.05) is 11.9 Å². The third-order valence-electron chi connectivity index (χ3n) is 5.09. The second-order valence-electron chi connectivity index (χ2n) is 7.96. The van der Waals surface area contributed by atoms with Crippen LogP contribution in [0.4, 0.5) is 5.69 Å². The first kappa shape index (κ1) is 27.0. The number of hydrogen-bond donors (Lipinski definition) is 2. The average Bonchev–Trinajstić information content (AvgIpc) is 2.86. The fraction of sp³-hybridized carbons (Fsp3) is 0.222. The van der Waals surface area contributed by atoms with Crippen LogP contribution in [0.3, 0.4) is 0 Å². The molecule has 1 atom stereocenters. The van der Waals surface area contributed by atoms with Crippen molar-refractivity contribution in [3.05, 3.63) is 88.4 Å². The molecule has 0 saturated heterocycles. The van der Waals surface area contributed by atoms with Gasteiger partial charge < -0.3 is 20.1 Å². The Bertz CT molecular complexity index is 1190. The van der Waals surface area contributed by atoms with Gasteiger partial charge in [-0.25, -0.2) is 0 Å². The van der Waals surface area contributed by atoms with E-state index < -0.39 is 5.97 Å². The maximum Gasteiger partial charge on any atom is 0.306 e. The molecule has 0 heterocycles. The van der Waals surface area contributed by atoms with E-state index in [1.54, 1.807) is 42.5 Å². The van der Waals surface area contributed by atoms with Gasteiger partial charge in [0.05, 0.1) is 11.1 Å². The van der Waals surface area contributed by atoms with Crippen molar-refractivity contribution in [2.45, 2.75) is 32.2 Å². The zero-order valence-corrected chi connectivity index (χ0v) is 21.1. The SMILES string of the molecule is C[C@H](NC(=O)COC(=O)CCCC(=O)Nc1ccc(Oc2ccc(Cl)cc2Cl)cc1)c1ccccc1. The molecule has 9 heteroatoms. The highest BCUT2D eigenvalue weighted by molar-refractivity contribution is 6.35. The van der Waals surface area contributed by atoms with Crippen molar-refractivity contribution in [2.24, 2.45) is 0 Å². The first-order valence-corrected chi connectivity index (χ1v) is 12.1. The third kappa shape index (κ3) is 8.91. The van der Waals surface area contributed by atoms with Crippen LogP contribution in [0, 0.1) is 0 Å². The summed E-state index contributed by atoms with van der Waals surface area (Å²) in [4.78, 5) is 36.1. The molecule has 3 aromatic rings. The van der Waals surface area contributed by atoms with Crippen molar-refractivity contribution >= 4 is 46.7 Å². The zero-order chi connectivity index (χ0) is 25.9. The van der Waals surface area contributed by atoms with Gasteiger partial charge in [0.2, 0.25) is 5.91 Å². The van der Waals surface area contributed by atoms with Crippen LogP contribution in [-0.4, -0.2) is 24.4 Å². The number of rotatable bonds is 11. The molecule has 3 aromatic carbocycles. The van der Waals surface area contributed by atoms with Gasteiger partial charge in [0.25, 0.3) is 5.91 Å². The molecule has 3 rings (SSSR count). The minimum absolute atomic E-state index is 0.0313. The van der Waals surface area contributed by atoms with Crippen molar-refractivity contribution in [3.63, 3.8) is 0 Å². The number of carbonyl (C=O) groups excluding carboxylic acids is 3. The third-order valence-corrected chi connectivity index (χ3v) is 5.62. The molecule has 0 aromatic heterocycles. The number of amides is 2. The molecule has 36 heavy (non-hydrogen) atoms. The summed E-state index contributed by atoms with van der Waals surface area (Å²) in [5.41, 5.74) is 1.54. The number of benzene rings is 3. The molecule has 2 N–H and O–H groups in total. The Kier molecular flexibility index (Phi) is 10.2. The van der Waals surface area contributed by atoms with E-state index in [-0.39, 0.29) is 37.3 Å². The van der Waals surface area contributed by atoms with Gasteiger partial charge in [-0.3, -0.25) is 14.4 Å². The maximum absolute atomic E-state index is 12.2. The molecule has 0 saturated carbocycles. The van der Waals surface area contributed by atoms with E-state index in [1.807, 2.05) is 37.3 Å². The summed E-state index contributed by atoms with van der Waals surface area (Å²) in [6.07, 6.45) is 0.456. The van der Waals surface area contributed by atoms with Crippen LogP contribution in [-0.2, 0) is 19.1 Å².